The van der Waals surface area contributed by atoms with Crippen molar-refractivity contribution in [3.8, 4) is 5.69 Å². The molecule has 0 spiro atoms. The van der Waals surface area contributed by atoms with Crippen molar-refractivity contribution >= 4 is 15.9 Å². The Hall–Kier alpha value is -1.20. The van der Waals surface area contributed by atoms with Gasteiger partial charge in [0.15, 0.2) is 0 Å². The van der Waals surface area contributed by atoms with E-state index in [1.54, 1.807) is 10.7 Å². The monoisotopic (exact) mass is 311 g/mol. The summed E-state index contributed by atoms with van der Waals surface area (Å²) in [4.78, 5) is 0. The smallest absolute Gasteiger partial charge is 0.149 e. The molecule has 1 atom stereocenters. The van der Waals surface area contributed by atoms with Gasteiger partial charge in [-0.2, -0.15) is 5.10 Å². The number of hydrogen-bond acceptors (Lipinski definition) is 2. The predicted molar refractivity (Wildman–Crippen MR) is 73.3 cm³/mol. The normalized spacial score (nSPS) is 12.8. The summed E-state index contributed by atoms with van der Waals surface area (Å²) < 4.78 is 16.6. The third kappa shape index (κ3) is 2.08. The molecule has 0 aliphatic rings. The van der Waals surface area contributed by atoms with E-state index in [2.05, 4.69) is 21.0 Å². The molecule has 2 N–H and O–H groups in total. The summed E-state index contributed by atoms with van der Waals surface area (Å²) in [6.07, 6.45) is 0. The van der Waals surface area contributed by atoms with Gasteiger partial charge in [-0.25, -0.2) is 9.07 Å². The quantitative estimate of drug-likeness (QED) is 0.923. The van der Waals surface area contributed by atoms with Crippen molar-refractivity contribution in [2.75, 3.05) is 0 Å². The van der Waals surface area contributed by atoms with Crippen LogP contribution in [0.4, 0.5) is 4.39 Å². The first-order valence-corrected chi connectivity index (χ1v) is 6.49. The number of halogens is 2. The number of aromatic nitrogens is 2. The third-order valence-electron chi connectivity index (χ3n) is 2.92. The second-order valence-corrected chi connectivity index (χ2v) is 5.16. The number of nitrogens with zero attached hydrogens (tertiary/aromatic N) is 2. The maximum absolute atomic E-state index is 14.1. The van der Waals surface area contributed by atoms with E-state index in [4.69, 9.17) is 5.73 Å². The molecule has 0 saturated heterocycles. The van der Waals surface area contributed by atoms with Crippen LogP contribution in [0.15, 0.2) is 22.7 Å². The van der Waals surface area contributed by atoms with Crippen LogP contribution in [0.3, 0.4) is 0 Å². The lowest BCUT2D eigenvalue weighted by molar-refractivity contribution is 0.599. The van der Waals surface area contributed by atoms with Crippen LogP contribution in [0.5, 0.6) is 0 Å². The van der Waals surface area contributed by atoms with Crippen LogP contribution in [0.1, 0.15) is 29.9 Å². The molecule has 5 heteroatoms. The summed E-state index contributed by atoms with van der Waals surface area (Å²) in [6.45, 7) is 5.60. The van der Waals surface area contributed by atoms with Crippen molar-refractivity contribution in [3.05, 3.63) is 45.4 Å². The highest BCUT2D eigenvalue weighted by molar-refractivity contribution is 9.10. The second kappa shape index (κ2) is 4.82. The molecule has 0 saturated carbocycles. The van der Waals surface area contributed by atoms with Crippen molar-refractivity contribution in [3.63, 3.8) is 0 Å². The van der Waals surface area contributed by atoms with Gasteiger partial charge in [-0.15, -0.1) is 0 Å². The van der Waals surface area contributed by atoms with Gasteiger partial charge in [0.25, 0.3) is 0 Å². The fourth-order valence-corrected chi connectivity index (χ4v) is 2.21. The molecule has 0 fully saturated rings. The van der Waals surface area contributed by atoms with Crippen LogP contribution >= 0.6 is 15.9 Å². The predicted octanol–water partition coefficient (Wildman–Crippen LogP) is 3.41. The van der Waals surface area contributed by atoms with E-state index in [1.807, 2.05) is 26.8 Å². The molecule has 1 heterocycles. The summed E-state index contributed by atoms with van der Waals surface area (Å²) in [5.74, 6) is -0.317. The van der Waals surface area contributed by atoms with Crippen molar-refractivity contribution < 1.29 is 4.39 Å². The van der Waals surface area contributed by atoms with Gasteiger partial charge in [-0.3, -0.25) is 0 Å². The standard InChI is InChI=1S/C13H15BrFN3/c1-7(16)10-5-4-6-11(15)13(10)18-9(3)12(14)8(2)17-18/h4-7H,16H2,1-3H3/t7-/m0/s1. The molecule has 96 valence electrons. The Labute approximate surface area is 114 Å². The van der Waals surface area contributed by atoms with Crippen molar-refractivity contribution in [2.24, 2.45) is 5.73 Å². The highest BCUT2D eigenvalue weighted by Crippen LogP contribution is 2.28. The molecule has 0 aliphatic heterocycles. The van der Waals surface area contributed by atoms with Gasteiger partial charge < -0.3 is 5.73 Å². The number of rotatable bonds is 2. The van der Waals surface area contributed by atoms with Gasteiger partial charge in [0, 0.05) is 6.04 Å². The summed E-state index contributed by atoms with van der Waals surface area (Å²) in [5.41, 5.74) is 8.76. The summed E-state index contributed by atoms with van der Waals surface area (Å²) in [7, 11) is 0. The number of hydrogen-bond donors (Lipinski definition) is 1. The Morgan fingerprint density at radius 2 is 2.06 bits per heavy atom. The van der Waals surface area contributed by atoms with Gasteiger partial charge >= 0.3 is 0 Å². The van der Waals surface area contributed by atoms with Crippen LogP contribution < -0.4 is 5.73 Å². The first-order chi connectivity index (χ1) is 8.43. The molecule has 0 amide bonds. The van der Waals surface area contributed by atoms with Crippen LogP contribution in [0, 0.1) is 19.7 Å². The lowest BCUT2D eigenvalue weighted by atomic mass is 10.1. The molecule has 2 aromatic rings. The first kappa shape index (κ1) is 13.2. The van der Waals surface area contributed by atoms with Crippen LogP contribution in [-0.2, 0) is 0 Å². The van der Waals surface area contributed by atoms with Crippen LogP contribution in [0.25, 0.3) is 5.69 Å². The third-order valence-corrected chi connectivity index (χ3v) is 4.07. The minimum Gasteiger partial charge on any atom is -0.324 e. The Morgan fingerprint density at radius 1 is 1.39 bits per heavy atom. The van der Waals surface area contributed by atoms with E-state index in [9.17, 15) is 4.39 Å². The lowest BCUT2D eigenvalue weighted by Gasteiger charge is -2.14. The Morgan fingerprint density at radius 3 is 2.56 bits per heavy atom. The van der Waals surface area contributed by atoms with E-state index >= 15 is 0 Å². The van der Waals surface area contributed by atoms with Crippen LogP contribution in [-0.4, -0.2) is 9.78 Å². The molecule has 1 aromatic heterocycles. The SMILES string of the molecule is Cc1nn(-c2c(F)cccc2[C@H](C)N)c(C)c1Br. The molecule has 2 rings (SSSR count). The first-order valence-electron chi connectivity index (χ1n) is 5.69. The minimum atomic E-state index is -0.317. The second-order valence-electron chi connectivity index (χ2n) is 4.36. The fourth-order valence-electron chi connectivity index (χ4n) is 1.96. The zero-order valence-electron chi connectivity index (χ0n) is 10.5. The Balaban J connectivity index is 2.74. The zero-order chi connectivity index (χ0) is 13.4. The van der Waals surface area contributed by atoms with Gasteiger partial charge in [-0.1, -0.05) is 12.1 Å². The molecule has 0 unspecified atom stereocenters. The van der Waals surface area contributed by atoms with E-state index in [-0.39, 0.29) is 11.9 Å². The van der Waals surface area contributed by atoms with E-state index in [0.717, 1.165) is 21.4 Å². The van der Waals surface area contributed by atoms with Gasteiger partial charge in [0.2, 0.25) is 0 Å². The summed E-state index contributed by atoms with van der Waals surface area (Å²) >= 11 is 3.45. The molecule has 0 aliphatic carbocycles. The van der Waals surface area contributed by atoms with Gasteiger partial charge in [-0.05, 0) is 48.3 Å². The Kier molecular flexibility index (Phi) is 3.54. The van der Waals surface area contributed by atoms with Crippen LogP contribution in [0.2, 0.25) is 0 Å². The molecule has 0 bridgehead atoms. The summed E-state index contributed by atoms with van der Waals surface area (Å²) in [5, 5.41) is 4.36. The topological polar surface area (TPSA) is 43.8 Å². The maximum atomic E-state index is 14.1. The molecular formula is C13H15BrFN3. The Bertz CT molecular complexity index is 590. The number of benzene rings is 1. The van der Waals surface area contributed by atoms with Crippen molar-refractivity contribution in [1.82, 2.24) is 9.78 Å². The van der Waals surface area contributed by atoms with E-state index in [1.165, 1.54) is 6.07 Å². The number of nitrogens with two attached hydrogens (primary N) is 1. The summed E-state index contributed by atoms with van der Waals surface area (Å²) in [6, 6.07) is 4.66. The van der Waals surface area contributed by atoms with E-state index < -0.39 is 0 Å². The number of aryl methyl sites for hydroxylation is 1. The van der Waals surface area contributed by atoms with Gasteiger partial charge in [0.05, 0.1) is 15.9 Å². The maximum Gasteiger partial charge on any atom is 0.149 e. The highest BCUT2D eigenvalue weighted by atomic mass is 79.9. The van der Waals surface area contributed by atoms with Gasteiger partial charge in [0.1, 0.15) is 11.5 Å². The largest absolute Gasteiger partial charge is 0.324 e. The molecule has 3 nitrogen and oxygen atoms in total. The zero-order valence-corrected chi connectivity index (χ0v) is 12.1. The van der Waals surface area contributed by atoms with Crippen molar-refractivity contribution in [2.45, 2.75) is 26.8 Å². The number of para-hydroxylation sites is 1. The average Bonchev–Trinajstić information content (AvgIpc) is 2.56. The molecule has 0 radical (unpaired) electrons. The fraction of sp³-hybridized carbons (Fsp3) is 0.308. The molecular weight excluding hydrogens is 297 g/mol. The lowest BCUT2D eigenvalue weighted by Crippen LogP contribution is -2.13. The molecule has 1 aromatic carbocycles. The molecule has 18 heavy (non-hydrogen) atoms. The van der Waals surface area contributed by atoms with E-state index in [0.29, 0.717) is 5.69 Å². The highest BCUT2D eigenvalue weighted by Gasteiger charge is 2.18. The van der Waals surface area contributed by atoms with Crippen molar-refractivity contribution in [1.29, 1.82) is 0 Å². The minimum absolute atomic E-state index is 0.251. The average molecular weight is 312 g/mol.